The lowest BCUT2D eigenvalue weighted by molar-refractivity contribution is 0.0516. The zero-order valence-electron chi connectivity index (χ0n) is 25.6. The average molecular weight is 689 g/mol. The van der Waals surface area contributed by atoms with E-state index in [0.29, 0.717) is 46.9 Å². The molecule has 2 atom stereocenters. The number of fused-ring (bicyclic) bond motifs is 4. The number of anilines is 1. The summed E-state index contributed by atoms with van der Waals surface area (Å²) in [4.78, 5) is 29.6. The van der Waals surface area contributed by atoms with Crippen LogP contribution in [0.2, 0.25) is 10.0 Å². The van der Waals surface area contributed by atoms with E-state index in [2.05, 4.69) is 15.2 Å². The summed E-state index contributed by atoms with van der Waals surface area (Å²) < 4.78 is 29.2. The number of amides is 1. The first-order valence-electron chi connectivity index (χ1n) is 15.4. The summed E-state index contributed by atoms with van der Waals surface area (Å²) >= 11 is 13.4. The number of carboxylic acid groups (broad SMARTS) is 1. The van der Waals surface area contributed by atoms with E-state index in [9.17, 15) is 14.7 Å². The smallest absolute Gasteiger partial charge is 0.337 e. The fourth-order valence-corrected chi connectivity index (χ4v) is 7.82. The molecule has 5 aromatic rings. The van der Waals surface area contributed by atoms with Crippen molar-refractivity contribution >= 4 is 51.8 Å². The number of carbonyl (C=O) groups is 2. The van der Waals surface area contributed by atoms with Crippen LogP contribution in [0.3, 0.4) is 0 Å². The summed E-state index contributed by atoms with van der Waals surface area (Å²) in [5, 5.41) is 18.7. The molecule has 2 fully saturated rings. The summed E-state index contributed by atoms with van der Waals surface area (Å²) in [6.07, 6.45) is 1.75. The van der Waals surface area contributed by atoms with Gasteiger partial charge in [-0.1, -0.05) is 58.7 Å². The standard InChI is InChI=1S/C35H28Cl2FN5O5/c1-41-29-7-3-5-22(32(29)39-40-41)19-10-26(36)31(27(37)11-19)34(44)42-14-18-4-2-6-23(33(18)48-17-42)24-13-30(25(35(45)46)12-28(24)38)43-20-8-9-21(43)16-47-15-20/h2-7,10-13,20-21H,8-9,14-17H2,1H3,(H,45,46). The van der Waals surface area contributed by atoms with Crippen LogP contribution < -0.4 is 9.64 Å². The number of para-hydroxylation sites is 1. The maximum Gasteiger partial charge on any atom is 0.337 e. The van der Waals surface area contributed by atoms with Crippen LogP contribution in [-0.4, -0.2) is 68.9 Å². The van der Waals surface area contributed by atoms with E-state index >= 15 is 4.39 Å². The molecule has 2 saturated heterocycles. The molecule has 4 heterocycles. The molecule has 13 heteroatoms. The van der Waals surface area contributed by atoms with Crippen molar-refractivity contribution in [3.63, 3.8) is 0 Å². The van der Waals surface area contributed by atoms with E-state index in [0.717, 1.165) is 30.0 Å². The monoisotopic (exact) mass is 687 g/mol. The first kappa shape index (κ1) is 30.6. The van der Waals surface area contributed by atoms with Gasteiger partial charge in [-0.25, -0.2) is 13.9 Å². The van der Waals surface area contributed by atoms with E-state index in [-0.39, 0.29) is 52.1 Å². The lowest BCUT2D eigenvalue weighted by Crippen LogP contribution is -2.46. The molecule has 2 bridgehead atoms. The molecule has 0 aliphatic carbocycles. The summed E-state index contributed by atoms with van der Waals surface area (Å²) in [7, 11) is 1.81. The predicted octanol–water partition coefficient (Wildman–Crippen LogP) is 6.81. The Bertz CT molecular complexity index is 2120. The molecule has 8 rings (SSSR count). The quantitative estimate of drug-likeness (QED) is 0.215. The van der Waals surface area contributed by atoms with Gasteiger partial charge in [0.2, 0.25) is 0 Å². The summed E-state index contributed by atoms with van der Waals surface area (Å²) in [5.74, 6) is -1.88. The number of hydrogen-bond donors (Lipinski definition) is 1. The average Bonchev–Trinajstić information content (AvgIpc) is 3.57. The first-order valence-corrected chi connectivity index (χ1v) is 16.2. The number of benzene rings is 4. The van der Waals surface area contributed by atoms with Gasteiger partial charge in [0.1, 0.15) is 17.1 Å². The van der Waals surface area contributed by atoms with Crippen molar-refractivity contribution in [2.75, 3.05) is 24.8 Å². The number of rotatable bonds is 5. The first-order chi connectivity index (χ1) is 23.2. The number of halogens is 3. The summed E-state index contributed by atoms with van der Waals surface area (Å²) in [6, 6.07) is 17.1. The van der Waals surface area contributed by atoms with Gasteiger partial charge in [-0.3, -0.25) is 4.79 Å². The van der Waals surface area contributed by atoms with Gasteiger partial charge in [-0.05, 0) is 48.7 Å². The third kappa shape index (κ3) is 4.96. The van der Waals surface area contributed by atoms with E-state index < -0.39 is 17.7 Å². The number of hydrogen-bond acceptors (Lipinski definition) is 7. The molecule has 10 nitrogen and oxygen atoms in total. The molecule has 3 aliphatic rings. The van der Waals surface area contributed by atoms with Crippen LogP contribution in [0.4, 0.5) is 10.1 Å². The highest BCUT2D eigenvalue weighted by molar-refractivity contribution is 6.40. The number of carbonyl (C=O) groups excluding carboxylic acids is 1. The Morgan fingerprint density at radius 1 is 0.958 bits per heavy atom. The molecule has 3 aliphatic heterocycles. The van der Waals surface area contributed by atoms with Gasteiger partial charge >= 0.3 is 5.97 Å². The molecule has 1 N–H and O–H groups in total. The zero-order chi connectivity index (χ0) is 33.3. The molecule has 2 unspecified atom stereocenters. The van der Waals surface area contributed by atoms with E-state index in [1.807, 2.05) is 18.2 Å². The molecule has 244 valence electrons. The van der Waals surface area contributed by atoms with Crippen molar-refractivity contribution in [3.05, 3.63) is 93.2 Å². The normalized spacial score (nSPS) is 18.6. The second kappa shape index (κ2) is 11.8. The van der Waals surface area contributed by atoms with Crippen LogP contribution >= 0.6 is 23.2 Å². The minimum atomic E-state index is -1.20. The maximum atomic E-state index is 15.7. The molecule has 0 radical (unpaired) electrons. The van der Waals surface area contributed by atoms with Gasteiger partial charge in [0.15, 0.2) is 6.73 Å². The van der Waals surface area contributed by atoms with Crippen molar-refractivity contribution in [3.8, 4) is 28.0 Å². The van der Waals surface area contributed by atoms with Crippen LogP contribution in [0.15, 0.2) is 60.7 Å². The number of aryl methyl sites for hydroxylation is 1. The molecule has 1 aromatic heterocycles. The molecular weight excluding hydrogens is 660 g/mol. The highest BCUT2D eigenvalue weighted by Gasteiger charge is 2.40. The topological polar surface area (TPSA) is 110 Å². The van der Waals surface area contributed by atoms with Gasteiger partial charge in [0.25, 0.3) is 5.91 Å². The lowest BCUT2D eigenvalue weighted by atomic mass is 9.96. The summed E-state index contributed by atoms with van der Waals surface area (Å²) in [5.41, 5.74) is 4.83. The lowest BCUT2D eigenvalue weighted by Gasteiger charge is -2.37. The fraction of sp³-hybridized carbons (Fsp3) is 0.257. The second-order valence-corrected chi connectivity index (χ2v) is 13.1. The van der Waals surface area contributed by atoms with Crippen molar-refractivity contribution < 1.29 is 28.6 Å². The van der Waals surface area contributed by atoms with Gasteiger partial charge in [0, 0.05) is 29.3 Å². The Morgan fingerprint density at radius 3 is 2.40 bits per heavy atom. The number of aromatic carboxylic acids is 1. The van der Waals surface area contributed by atoms with E-state index in [1.54, 1.807) is 48.1 Å². The van der Waals surface area contributed by atoms with Gasteiger partial charge in [0.05, 0.1) is 64.2 Å². The van der Waals surface area contributed by atoms with Crippen molar-refractivity contribution in [2.24, 2.45) is 7.05 Å². The Hall–Kier alpha value is -4.71. The van der Waals surface area contributed by atoms with Gasteiger partial charge in [-0.15, -0.1) is 5.10 Å². The molecule has 48 heavy (non-hydrogen) atoms. The number of nitrogens with zero attached hydrogens (tertiary/aromatic N) is 5. The predicted molar refractivity (Wildman–Crippen MR) is 178 cm³/mol. The van der Waals surface area contributed by atoms with E-state index in [4.69, 9.17) is 32.7 Å². The number of ether oxygens (including phenoxy) is 2. The third-order valence-electron chi connectivity index (χ3n) is 9.44. The van der Waals surface area contributed by atoms with Gasteiger partial charge in [-0.2, -0.15) is 0 Å². The molecule has 1 amide bonds. The number of carboxylic acids is 1. The number of morpholine rings is 1. The van der Waals surface area contributed by atoms with Gasteiger partial charge < -0.3 is 24.4 Å². The summed E-state index contributed by atoms with van der Waals surface area (Å²) in [6.45, 7) is 1.01. The van der Waals surface area contributed by atoms with Crippen molar-refractivity contribution in [2.45, 2.75) is 31.5 Å². The highest BCUT2D eigenvalue weighted by atomic mass is 35.5. The minimum absolute atomic E-state index is 0.0223. The Morgan fingerprint density at radius 2 is 1.67 bits per heavy atom. The van der Waals surface area contributed by atoms with E-state index in [1.165, 1.54) is 4.90 Å². The maximum absolute atomic E-state index is 15.7. The van der Waals surface area contributed by atoms with Crippen LogP contribution in [0.1, 0.15) is 39.1 Å². The Balaban J connectivity index is 1.11. The van der Waals surface area contributed by atoms with Crippen LogP contribution in [0, 0.1) is 5.82 Å². The van der Waals surface area contributed by atoms with Crippen LogP contribution in [0.5, 0.6) is 5.75 Å². The minimum Gasteiger partial charge on any atom is -0.478 e. The zero-order valence-corrected chi connectivity index (χ0v) is 27.1. The SMILES string of the molecule is Cn1nnc2c(-c3cc(Cl)c(C(=O)N4COc5c(cccc5-c5cc(N6C7CCC6COC7)c(C(=O)O)cc5F)C4)c(Cl)c3)cccc21. The second-order valence-electron chi connectivity index (χ2n) is 12.3. The van der Waals surface area contributed by atoms with Crippen LogP contribution in [0.25, 0.3) is 33.3 Å². The Labute approximate surface area is 284 Å². The number of aromatic nitrogens is 3. The van der Waals surface area contributed by atoms with Crippen molar-refractivity contribution in [1.29, 1.82) is 0 Å². The van der Waals surface area contributed by atoms with Crippen molar-refractivity contribution in [1.82, 2.24) is 19.9 Å². The molecular formula is C35H28Cl2FN5O5. The fourth-order valence-electron chi connectivity index (χ4n) is 7.17. The molecule has 0 spiro atoms. The van der Waals surface area contributed by atoms with Crippen LogP contribution in [-0.2, 0) is 18.3 Å². The highest BCUT2D eigenvalue weighted by Crippen LogP contribution is 2.43. The third-order valence-corrected chi connectivity index (χ3v) is 10.0. The molecule has 0 saturated carbocycles. The largest absolute Gasteiger partial charge is 0.478 e. The molecule has 4 aromatic carbocycles. The Kier molecular flexibility index (Phi) is 7.50.